The molecule has 0 aromatic heterocycles. The molecule has 0 bridgehead atoms. The lowest BCUT2D eigenvalue weighted by atomic mass is 10.1. The second-order valence-corrected chi connectivity index (χ2v) is 5.81. The van der Waals surface area contributed by atoms with Crippen molar-refractivity contribution < 1.29 is 14.7 Å². The Morgan fingerprint density at radius 1 is 1.23 bits per heavy atom. The Morgan fingerprint density at radius 2 is 2.00 bits per heavy atom. The van der Waals surface area contributed by atoms with E-state index in [9.17, 15) is 14.7 Å². The van der Waals surface area contributed by atoms with Gasteiger partial charge in [-0.3, -0.25) is 9.59 Å². The zero-order valence-electron chi connectivity index (χ0n) is 11.1. The molecule has 2 amide bonds. The van der Waals surface area contributed by atoms with Crippen LogP contribution in [0.1, 0.15) is 15.9 Å². The Morgan fingerprint density at radius 3 is 2.77 bits per heavy atom. The predicted molar refractivity (Wildman–Crippen MR) is 89.9 cm³/mol. The summed E-state index contributed by atoms with van der Waals surface area (Å²) in [6.45, 7) is 0. The minimum atomic E-state index is -0.586. The van der Waals surface area contributed by atoms with Crippen molar-refractivity contribution in [3.8, 4) is 5.75 Å². The second-order valence-electron chi connectivity index (χ2n) is 4.56. The number of phenols is 1. The molecule has 1 aliphatic heterocycles. The highest BCUT2D eigenvalue weighted by atomic mass is 127. The first-order valence-corrected chi connectivity index (χ1v) is 7.41. The van der Waals surface area contributed by atoms with E-state index in [1.807, 2.05) is 6.07 Å². The molecule has 1 heterocycles. The zero-order valence-corrected chi connectivity index (χ0v) is 13.3. The highest BCUT2D eigenvalue weighted by Gasteiger charge is 2.26. The molecule has 7 heteroatoms. The number of hydrogen-bond acceptors (Lipinski definition) is 4. The number of nitrogens with one attached hydrogen (secondary N) is 2. The van der Waals surface area contributed by atoms with Gasteiger partial charge in [-0.05, 0) is 52.9 Å². The van der Waals surface area contributed by atoms with Crippen molar-refractivity contribution in [3.63, 3.8) is 0 Å². The number of amides is 2. The lowest BCUT2D eigenvalue weighted by molar-refractivity contribution is -0.110. The van der Waals surface area contributed by atoms with E-state index in [0.29, 0.717) is 11.3 Å². The molecule has 3 rings (SSSR count). The van der Waals surface area contributed by atoms with Crippen molar-refractivity contribution in [2.24, 2.45) is 5.10 Å². The van der Waals surface area contributed by atoms with Gasteiger partial charge in [0.1, 0.15) is 5.75 Å². The maximum atomic E-state index is 12.0. The van der Waals surface area contributed by atoms with E-state index >= 15 is 0 Å². The smallest absolute Gasteiger partial charge is 0.276 e. The summed E-state index contributed by atoms with van der Waals surface area (Å²) in [5.74, 6) is -1.11. The Kier molecular flexibility index (Phi) is 3.80. The number of carbonyl (C=O) groups is 2. The third kappa shape index (κ3) is 2.67. The summed E-state index contributed by atoms with van der Waals surface area (Å²) in [5.41, 5.74) is 3.81. The van der Waals surface area contributed by atoms with Crippen LogP contribution in [0.2, 0.25) is 0 Å². The van der Waals surface area contributed by atoms with Gasteiger partial charge in [-0.1, -0.05) is 12.1 Å². The quantitative estimate of drug-likeness (QED) is 0.526. The van der Waals surface area contributed by atoms with Gasteiger partial charge in [0.2, 0.25) is 0 Å². The van der Waals surface area contributed by atoms with Crippen molar-refractivity contribution in [3.05, 3.63) is 57.2 Å². The Labute approximate surface area is 139 Å². The Bertz CT molecular complexity index is 817. The van der Waals surface area contributed by atoms with Crippen LogP contribution in [0.5, 0.6) is 5.75 Å². The van der Waals surface area contributed by atoms with Gasteiger partial charge in [0.05, 0.1) is 11.3 Å². The summed E-state index contributed by atoms with van der Waals surface area (Å²) in [4.78, 5) is 23.9. The molecular formula is C15H10IN3O3. The highest BCUT2D eigenvalue weighted by Crippen LogP contribution is 2.25. The maximum absolute atomic E-state index is 12.0. The Hall–Kier alpha value is -2.42. The molecule has 0 saturated carbocycles. The number of phenolic OH excluding ortho intramolecular Hbond substituents is 1. The number of aromatic hydroxyl groups is 1. The third-order valence-corrected chi connectivity index (χ3v) is 3.79. The number of nitrogens with zero attached hydrogens (tertiary/aromatic N) is 1. The minimum Gasteiger partial charge on any atom is -0.507 e. The lowest BCUT2D eigenvalue weighted by Gasteiger charge is -2.03. The first kappa shape index (κ1) is 14.5. The SMILES string of the molecule is O=C1Nc2ccc(I)cc2/C1=N\NC(=O)c1ccccc1O. The average Bonchev–Trinajstić information content (AvgIpc) is 2.80. The summed E-state index contributed by atoms with van der Waals surface area (Å²) in [6, 6.07) is 11.6. The fourth-order valence-corrected chi connectivity index (χ4v) is 2.56. The largest absolute Gasteiger partial charge is 0.507 e. The van der Waals surface area contributed by atoms with Gasteiger partial charge in [-0.2, -0.15) is 5.10 Å². The molecule has 3 N–H and O–H groups in total. The molecule has 110 valence electrons. The van der Waals surface area contributed by atoms with Crippen LogP contribution in [-0.4, -0.2) is 22.6 Å². The molecule has 0 unspecified atom stereocenters. The minimum absolute atomic E-state index is 0.0909. The van der Waals surface area contributed by atoms with E-state index in [-0.39, 0.29) is 22.9 Å². The van der Waals surface area contributed by atoms with Crippen molar-refractivity contribution in [1.82, 2.24) is 5.43 Å². The molecule has 2 aromatic carbocycles. The molecule has 0 saturated heterocycles. The number of carbonyl (C=O) groups excluding carboxylic acids is 2. The van der Waals surface area contributed by atoms with E-state index in [1.165, 1.54) is 12.1 Å². The molecule has 22 heavy (non-hydrogen) atoms. The molecule has 2 aromatic rings. The number of fused-ring (bicyclic) bond motifs is 1. The molecule has 6 nitrogen and oxygen atoms in total. The molecule has 0 atom stereocenters. The summed E-state index contributed by atoms with van der Waals surface area (Å²) < 4.78 is 0.951. The lowest BCUT2D eigenvalue weighted by Crippen LogP contribution is -2.23. The maximum Gasteiger partial charge on any atom is 0.276 e. The number of hydrogen-bond donors (Lipinski definition) is 3. The number of para-hydroxylation sites is 1. The summed E-state index contributed by atoms with van der Waals surface area (Å²) in [7, 11) is 0. The third-order valence-electron chi connectivity index (χ3n) is 3.12. The topological polar surface area (TPSA) is 90.8 Å². The van der Waals surface area contributed by atoms with Gasteiger partial charge >= 0.3 is 0 Å². The summed E-state index contributed by atoms with van der Waals surface area (Å²) >= 11 is 2.13. The monoisotopic (exact) mass is 407 g/mol. The number of rotatable bonds is 2. The van der Waals surface area contributed by atoms with Gasteiger partial charge in [0, 0.05) is 9.13 Å². The molecule has 0 radical (unpaired) electrons. The first-order chi connectivity index (χ1) is 10.6. The number of halogens is 1. The van der Waals surface area contributed by atoms with Crippen molar-refractivity contribution in [1.29, 1.82) is 0 Å². The molecule has 1 aliphatic rings. The van der Waals surface area contributed by atoms with Crippen LogP contribution < -0.4 is 10.7 Å². The highest BCUT2D eigenvalue weighted by molar-refractivity contribution is 14.1. The Balaban J connectivity index is 1.88. The second kappa shape index (κ2) is 5.76. The van der Waals surface area contributed by atoms with Crippen molar-refractivity contribution in [2.45, 2.75) is 0 Å². The van der Waals surface area contributed by atoms with Crippen LogP contribution in [-0.2, 0) is 4.79 Å². The van der Waals surface area contributed by atoms with Crippen LogP contribution >= 0.6 is 22.6 Å². The van der Waals surface area contributed by atoms with E-state index in [0.717, 1.165) is 3.57 Å². The van der Waals surface area contributed by atoms with E-state index in [1.54, 1.807) is 24.3 Å². The zero-order chi connectivity index (χ0) is 15.7. The summed E-state index contributed by atoms with van der Waals surface area (Å²) in [6.07, 6.45) is 0. The molecule has 0 spiro atoms. The van der Waals surface area contributed by atoms with Crippen LogP contribution in [0, 0.1) is 3.57 Å². The van der Waals surface area contributed by atoms with Crippen LogP contribution in [0.4, 0.5) is 5.69 Å². The van der Waals surface area contributed by atoms with Crippen LogP contribution in [0.15, 0.2) is 47.6 Å². The van der Waals surface area contributed by atoms with Gasteiger partial charge < -0.3 is 10.4 Å². The van der Waals surface area contributed by atoms with E-state index in [4.69, 9.17) is 0 Å². The van der Waals surface area contributed by atoms with Crippen LogP contribution in [0.25, 0.3) is 0 Å². The first-order valence-electron chi connectivity index (χ1n) is 6.33. The molecule has 0 fully saturated rings. The van der Waals surface area contributed by atoms with Gasteiger partial charge in [-0.15, -0.1) is 0 Å². The standard InChI is InChI=1S/C15H10IN3O3/c16-8-5-6-11-10(7-8)13(15(22)17-11)18-19-14(21)9-3-1-2-4-12(9)20/h1-7,20H,(H,19,21)(H,17,18,22). The fraction of sp³-hybridized carbons (Fsp3) is 0. The average molecular weight is 407 g/mol. The van der Waals surface area contributed by atoms with E-state index in [2.05, 4.69) is 38.4 Å². The fourth-order valence-electron chi connectivity index (χ4n) is 2.07. The van der Waals surface area contributed by atoms with E-state index < -0.39 is 5.91 Å². The molecular weight excluding hydrogens is 397 g/mol. The summed E-state index contributed by atoms with van der Waals surface area (Å²) in [5, 5.41) is 16.2. The number of anilines is 1. The van der Waals surface area contributed by atoms with Crippen molar-refractivity contribution >= 4 is 45.8 Å². The number of hydrazone groups is 1. The normalized spacial score (nSPS) is 14.6. The number of benzene rings is 2. The van der Waals surface area contributed by atoms with Gasteiger partial charge in [0.15, 0.2) is 5.71 Å². The van der Waals surface area contributed by atoms with Gasteiger partial charge in [0.25, 0.3) is 11.8 Å². The van der Waals surface area contributed by atoms with Gasteiger partial charge in [-0.25, -0.2) is 5.43 Å². The van der Waals surface area contributed by atoms with Crippen molar-refractivity contribution in [2.75, 3.05) is 5.32 Å². The predicted octanol–water partition coefficient (Wildman–Crippen LogP) is 2.08. The van der Waals surface area contributed by atoms with Crippen LogP contribution in [0.3, 0.4) is 0 Å². The molecule has 0 aliphatic carbocycles.